The fraction of sp³-hybridized carbons (Fsp3) is 0.350. The van der Waals surface area contributed by atoms with Gasteiger partial charge in [-0.15, -0.1) is 12.4 Å². The van der Waals surface area contributed by atoms with Gasteiger partial charge in [0.15, 0.2) is 0 Å². The molecule has 134 valence electrons. The molecule has 3 atom stereocenters. The van der Waals surface area contributed by atoms with Gasteiger partial charge in [-0.3, -0.25) is 4.79 Å². The molecule has 3 unspecified atom stereocenters. The van der Waals surface area contributed by atoms with Crippen LogP contribution < -0.4 is 5.73 Å². The molecular weight excluding hydrogens is 355 g/mol. The van der Waals surface area contributed by atoms with Gasteiger partial charge in [0, 0.05) is 17.6 Å². The number of benzene rings is 2. The maximum atomic E-state index is 13.0. The molecule has 1 heterocycles. The molecule has 3 nitrogen and oxygen atoms in total. The van der Waals surface area contributed by atoms with Crippen LogP contribution in [0.3, 0.4) is 0 Å². The Morgan fingerprint density at radius 3 is 2.60 bits per heavy atom. The zero-order valence-electron chi connectivity index (χ0n) is 14.3. The first-order chi connectivity index (χ1) is 11.6. The maximum absolute atomic E-state index is 13.0. The third-order valence-electron chi connectivity index (χ3n) is 4.88. The molecule has 2 aromatic rings. The van der Waals surface area contributed by atoms with Crippen molar-refractivity contribution in [1.29, 1.82) is 0 Å². The smallest absolute Gasteiger partial charge is 0.227 e. The van der Waals surface area contributed by atoms with Crippen LogP contribution in [0.15, 0.2) is 54.6 Å². The first kappa shape index (κ1) is 19.8. The van der Waals surface area contributed by atoms with Crippen molar-refractivity contribution in [3.05, 3.63) is 70.7 Å². The molecule has 2 N–H and O–H groups in total. The number of amides is 1. The third kappa shape index (κ3) is 4.35. The van der Waals surface area contributed by atoms with E-state index in [2.05, 4.69) is 0 Å². The van der Waals surface area contributed by atoms with Gasteiger partial charge < -0.3 is 10.6 Å². The summed E-state index contributed by atoms with van der Waals surface area (Å²) in [5.74, 6) is -0.138. The van der Waals surface area contributed by atoms with E-state index in [1.54, 1.807) is 0 Å². The molecule has 1 aliphatic rings. The number of halogens is 2. The zero-order chi connectivity index (χ0) is 17.1. The summed E-state index contributed by atoms with van der Waals surface area (Å²) in [7, 11) is 0. The first-order valence-electron chi connectivity index (χ1n) is 8.44. The minimum Gasteiger partial charge on any atom is -0.335 e. The van der Waals surface area contributed by atoms with Crippen molar-refractivity contribution in [2.24, 2.45) is 11.7 Å². The lowest BCUT2D eigenvalue weighted by Gasteiger charge is -2.30. The quantitative estimate of drug-likeness (QED) is 0.833. The van der Waals surface area contributed by atoms with Gasteiger partial charge in [0.25, 0.3) is 0 Å². The van der Waals surface area contributed by atoms with Gasteiger partial charge in [-0.2, -0.15) is 0 Å². The number of nitrogens with zero attached hydrogens (tertiary/aromatic N) is 1. The average Bonchev–Trinajstić information content (AvgIpc) is 3.10. The second-order valence-electron chi connectivity index (χ2n) is 6.47. The van der Waals surface area contributed by atoms with Gasteiger partial charge >= 0.3 is 0 Å². The summed E-state index contributed by atoms with van der Waals surface area (Å²) >= 11 is 6.12. The number of rotatable bonds is 4. The molecule has 3 rings (SSSR count). The summed E-state index contributed by atoms with van der Waals surface area (Å²) in [6.45, 7) is 2.70. The predicted molar refractivity (Wildman–Crippen MR) is 105 cm³/mol. The van der Waals surface area contributed by atoms with Crippen LogP contribution in [0.1, 0.15) is 43.0 Å². The fourth-order valence-corrected chi connectivity index (χ4v) is 3.67. The molecule has 0 saturated carbocycles. The van der Waals surface area contributed by atoms with E-state index < -0.39 is 0 Å². The molecule has 0 aliphatic carbocycles. The Bertz CT molecular complexity index is 708. The van der Waals surface area contributed by atoms with Crippen molar-refractivity contribution in [2.45, 2.75) is 31.8 Å². The lowest BCUT2D eigenvalue weighted by Crippen LogP contribution is -2.39. The highest BCUT2D eigenvalue weighted by atomic mass is 35.5. The summed E-state index contributed by atoms with van der Waals surface area (Å²) in [6, 6.07) is 17.4. The van der Waals surface area contributed by atoms with Crippen LogP contribution in [-0.4, -0.2) is 17.4 Å². The Hall–Kier alpha value is -1.55. The molecule has 1 aliphatic heterocycles. The van der Waals surface area contributed by atoms with Crippen LogP contribution in [0.2, 0.25) is 5.02 Å². The van der Waals surface area contributed by atoms with E-state index in [-0.39, 0.29) is 36.3 Å². The SMILES string of the molecule is CC(C(=O)N1CCCC1c1cccc(Cl)c1)C(N)c1ccccc1.Cl. The van der Waals surface area contributed by atoms with Gasteiger partial charge in [-0.1, -0.05) is 61.0 Å². The monoisotopic (exact) mass is 378 g/mol. The molecule has 1 fully saturated rings. The summed E-state index contributed by atoms with van der Waals surface area (Å²) in [5, 5.41) is 0.709. The predicted octanol–water partition coefficient (Wildman–Crippen LogP) is 4.76. The van der Waals surface area contributed by atoms with Gasteiger partial charge in [0.2, 0.25) is 5.91 Å². The number of carbonyl (C=O) groups is 1. The van der Waals surface area contributed by atoms with Gasteiger partial charge in [0.05, 0.1) is 12.0 Å². The minimum atomic E-state index is -0.292. The van der Waals surface area contributed by atoms with Crippen molar-refractivity contribution in [3.63, 3.8) is 0 Å². The number of carbonyl (C=O) groups excluding carboxylic acids is 1. The highest BCUT2D eigenvalue weighted by molar-refractivity contribution is 6.30. The Labute approximate surface area is 160 Å². The number of hydrogen-bond acceptors (Lipinski definition) is 2. The highest BCUT2D eigenvalue weighted by Gasteiger charge is 2.34. The summed E-state index contributed by atoms with van der Waals surface area (Å²) < 4.78 is 0. The van der Waals surface area contributed by atoms with Crippen LogP contribution in [0, 0.1) is 5.92 Å². The molecular formula is C20H24Cl2N2O. The topological polar surface area (TPSA) is 46.3 Å². The van der Waals surface area contributed by atoms with E-state index in [0.29, 0.717) is 5.02 Å². The second-order valence-corrected chi connectivity index (χ2v) is 6.91. The summed E-state index contributed by atoms with van der Waals surface area (Å²) in [6.07, 6.45) is 1.98. The zero-order valence-corrected chi connectivity index (χ0v) is 15.8. The highest BCUT2D eigenvalue weighted by Crippen LogP contribution is 2.35. The Morgan fingerprint density at radius 2 is 1.92 bits per heavy atom. The van der Waals surface area contributed by atoms with Gasteiger partial charge in [0.1, 0.15) is 0 Å². The normalized spacial score (nSPS) is 19.2. The Morgan fingerprint density at radius 1 is 1.20 bits per heavy atom. The van der Waals surface area contributed by atoms with E-state index >= 15 is 0 Å². The van der Waals surface area contributed by atoms with Crippen LogP contribution >= 0.6 is 24.0 Å². The van der Waals surface area contributed by atoms with E-state index in [0.717, 1.165) is 30.5 Å². The molecule has 1 amide bonds. The largest absolute Gasteiger partial charge is 0.335 e. The number of likely N-dealkylation sites (tertiary alicyclic amines) is 1. The molecule has 0 radical (unpaired) electrons. The van der Waals surface area contributed by atoms with Crippen molar-refractivity contribution < 1.29 is 4.79 Å². The average molecular weight is 379 g/mol. The molecule has 2 aromatic carbocycles. The van der Waals surface area contributed by atoms with E-state index in [1.165, 1.54) is 0 Å². The Kier molecular flexibility index (Phi) is 6.88. The van der Waals surface area contributed by atoms with Crippen LogP contribution in [-0.2, 0) is 4.79 Å². The lowest BCUT2D eigenvalue weighted by molar-refractivity contribution is -0.136. The maximum Gasteiger partial charge on any atom is 0.227 e. The van der Waals surface area contributed by atoms with Crippen LogP contribution in [0.4, 0.5) is 0 Å². The molecule has 5 heteroatoms. The van der Waals surface area contributed by atoms with E-state index in [4.69, 9.17) is 17.3 Å². The summed E-state index contributed by atoms with van der Waals surface area (Å²) in [4.78, 5) is 15.0. The Balaban J connectivity index is 0.00000225. The molecule has 0 aromatic heterocycles. The number of hydrogen-bond donors (Lipinski definition) is 1. The molecule has 1 saturated heterocycles. The minimum absolute atomic E-state index is 0. The van der Waals surface area contributed by atoms with Gasteiger partial charge in [-0.25, -0.2) is 0 Å². The van der Waals surface area contributed by atoms with Crippen molar-refractivity contribution in [3.8, 4) is 0 Å². The standard InChI is InChI=1S/C20H23ClN2O.ClH/c1-14(19(22)15-7-3-2-4-8-15)20(24)23-12-6-11-18(23)16-9-5-10-17(21)13-16;/h2-5,7-10,13-14,18-19H,6,11-12,22H2,1H3;1H. The number of nitrogens with two attached hydrogens (primary N) is 1. The van der Waals surface area contributed by atoms with Gasteiger partial charge in [-0.05, 0) is 36.1 Å². The third-order valence-corrected chi connectivity index (χ3v) is 5.12. The molecule has 0 spiro atoms. The van der Waals surface area contributed by atoms with Crippen LogP contribution in [0.5, 0.6) is 0 Å². The second kappa shape index (κ2) is 8.70. The van der Waals surface area contributed by atoms with Crippen molar-refractivity contribution >= 4 is 29.9 Å². The van der Waals surface area contributed by atoms with Crippen molar-refractivity contribution in [1.82, 2.24) is 4.90 Å². The van der Waals surface area contributed by atoms with Crippen molar-refractivity contribution in [2.75, 3.05) is 6.54 Å². The van der Waals surface area contributed by atoms with E-state index in [9.17, 15) is 4.79 Å². The summed E-state index contributed by atoms with van der Waals surface area (Å²) in [5.41, 5.74) is 8.45. The first-order valence-corrected chi connectivity index (χ1v) is 8.82. The fourth-order valence-electron chi connectivity index (χ4n) is 3.47. The van der Waals surface area contributed by atoms with Crippen LogP contribution in [0.25, 0.3) is 0 Å². The molecule has 25 heavy (non-hydrogen) atoms. The lowest BCUT2D eigenvalue weighted by atomic mass is 9.93. The molecule has 0 bridgehead atoms. The van der Waals surface area contributed by atoms with E-state index in [1.807, 2.05) is 66.4 Å².